The number of fused-ring (bicyclic) bond motifs is 2. The van der Waals surface area contributed by atoms with Gasteiger partial charge in [0.25, 0.3) is 0 Å². The van der Waals surface area contributed by atoms with Gasteiger partial charge in [-0.3, -0.25) is 4.90 Å². The molecule has 1 aromatic carbocycles. The molecule has 3 aliphatic carbocycles. The van der Waals surface area contributed by atoms with Gasteiger partial charge in [0.2, 0.25) is 0 Å². The normalized spacial score (nSPS) is 35.2. The standard InChI is InChI=1S/C22H32N2/c1-14-9-15(2)21(16(3)10-14)24-8-7-23(13-24)20-12-18-11-19(17(20)4)22(18,5)6/h9-10,17-20H,7-8,11-12H2,1-6H3/t17-,18+,19-,20?/m0/s1. The van der Waals surface area contributed by atoms with E-state index >= 15 is 0 Å². The molecule has 2 bridgehead atoms. The fourth-order valence-corrected chi connectivity index (χ4v) is 6.00. The van der Waals surface area contributed by atoms with E-state index in [1.807, 2.05) is 0 Å². The second-order valence-corrected chi connectivity index (χ2v) is 9.22. The van der Waals surface area contributed by atoms with E-state index in [4.69, 9.17) is 0 Å². The van der Waals surface area contributed by atoms with Crippen LogP contribution in [0.5, 0.6) is 0 Å². The average Bonchev–Trinajstić information content (AvgIpc) is 2.95. The lowest BCUT2D eigenvalue weighted by atomic mass is 9.44. The highest BCUT2D eigenvalue weighted by molar-refractivity contribution is 5.61. The Morgan fingerprint density at radius 2 is 1.71 bits per heavy atom. The summed E-state index contributed by atoms with van der Waals surface area (Å²) in [7, 11) is 0. The van der Waals surface area contributed by atoms with E-state index in [2.05, 4.69) is 70.1 Å². The Hall–Kier alpha value is -1.02. The van der Waals surface area contributed by atoms with Crippen LogP contribution in [0.15, 0.2) is 12.1 Å². The molecule has 1 aromatic rings. The van der Waals surface area contributed by atoms with Gasteiger partial charge < -0.3 is 4.90 Å². The summed E-state index contributed by atoms with van der Waals surface area (Å²) in [5.74, 6) is 2.61. The van der Waals surface area contributed by atoms with E-state index in [0.717, 1.165) is 30.8 Å². The third kappa shape index (κ3) is 2.33. The lowest BCUT2D eigenvalue weighted by Gasteiger charge is -2.63. The third-order valence-electron chi connectivity index (χ3n) is 7.43. The molecule has 1 saturated heterocycles. The molecule has 2 nitrogen and oxygen atoms in total. The first-order valence-electron chi connectivity index (χ1n) is 9.67. The van der Waals surface area contributed by atoms with Gasteiger partial charge >= 0.3 is 0 Å². The molecule has 0 aromatic heterocycles. The number of nitrogens with zero attached hydrogens (tertiary/aromatic N) is 2. The molecular weight excluding hydrogens is 292 g/mol. The van der Waals surface area contributed by atoms with Crippen molar-refractivity contribution in [3.63, 3.8) is 0 Å². The minimum absolute atomic E-state index is 0.569. The summed E-state index contributed by atoms with van der Waals surface area (Å²) in [5.41, 5.74) is 6.05. The van der Waals surface area contributed by atoms with Crippen LogP contribution in [0.3, 0.4) is 0 Å². The van der Waals surface area contributed by atoms with Gasteiger partial charge in [-0.1, -0.05) is 38.5 Å². The number of aryl methyl sites for hydroxylation is 3. The van der Waals surface area contributed by atoms with Gasteiger partial charge in [-0.25, -0.2) is 0 Å². The minimum atomic E-state index is 0.569. The molecule has 1 unspecified atom stereocenters. The maximum Gasteiger partial charge on any atom is 0.177 e. The predicted molar refractivity (Wildman–Crippen MR) is 101 cm³/mol. The first-order chi connectivity index (χ1) is 11.3. The van der Waals surface area contributed by atoms with Gasteiger partial charge in [0, 0.05) is 24.8 Å². The maximum atomic E-state index is 3.74. The topological polar surface area (TPSA) is 6.48 Å². The molecule has 0 spiro atoms. The van der Waals surface area contributed by atoms with Crippen molar-refractivity contribution in [2.45, 2.75) is 60.4 Å². The van der Waals surface area contributed by atoms with Crippen LogP contribution in [-0.4, -0.2) is 24.0 Å². The monoisotopic (exact) mass is 324 g/mol. The molecule has 24 heavy (non-hydrogen) atoms. The number of benzene rings is 1. The highest BCUT2D eigenvalue weighted by Gasteiger charge is 2.57. The predicted octanol–water partition coefficient (Wildman–Crippen LogP) is 4.80. The lowest BCUT2D eigenvalue weighted by Crippen LogP contribution is -2.60. The smallest absolute Gasteiger partial charge is 0.177 e. The molecule has 0 N–H and O–H groups in total. The maximum absolute atomic E-state index is 3.74. The summed E-state index contributed by atoms with van der Waals surface area (Å²) >= 11 is 0. The van der Waals surface area contributed by atoms with Gasteiger partial charge in [-0.05, 0) is 67.9 Å². The lowest BCUT2D eigenvalue weighted by molar-refractivity contribution is -0.132. The quantitative estimate of drug-likeness (QED) is 0.771. The largest absolute Gasteiger partial charge is 0.345 e. The molecule has 2 radical (unpaired) electrons. The second-order valence-electron chi connectivity index (χ2n) is 9.22. The minimum Gasteiger partial charge on any atom is -0.345 e. The second kappa shape index (κ2) is 5.49. The molecule has 2 heteroatoms. The number of rotatable bonds is 2. The fraction of sp³-hybridized carbons (Fsp3) is 0.682. The van der Waals surface area contributed by atoms with Crippen molar-refractivity contribution in [1.29, 1.82) is 0 Å². The van der Waals surface area contributed by atoms with Crippen LogP contribution in [0.1, 0.15) is 50.3 Å². The Balaban J connectivity index is 1.50. The van der Waals surface area contributed by atoms with Crippen LogP contribution >= 0.6 is 0 Å². The van der Waals surface area contributed by atoms with Gasteiger partial charge in [0.15, 0.2) is 6.67 Å². The molecule has 4 fully saturated rings. The van der Waals surface area contributed by atoms with Crippen molar-refractivity contribution < 1.29 is 0 Å². The van der Waals surface area contributed by atoms with Gasteiger partial charge in [0.05, 0.1) is 0 Å². The summed E-state index contributed by atoms with van der Waals surface area (Å²) in [4.78, 5) is 4.92. The molecule has 5 rings (SSSR count). The molecule has 4 atom stereocenters. The highest BCUT2D eigenvalue weighted by Crippen LogP contribution is 2.62. The Bertz CT molecular complexity index is 624. The zero-order valence-corrected chi connectivity index (χ0v) is 16.2. The Labute approximate surface area is 148 Å². The molecule has 0 amide bonds. The van der Waals surface area contributed by atoms with Crippen LogP contribution in [0, 0.1) is 50.6 Å². The van der Waals surface area contributed by atoms with Crippen LogP contribution in [0.4, 0.5) is 5.69 Å². The van der Waals surface area contributed by atoms with Gasteiger partial charge in [-0.15, -0.1) is 0 Å². The summed E-state index contributed by atoms with van der Waals surface area (Å²) in [5, 5.41) is 0. The Kier molecular flexibility index (Phi) is 3.76. The van der Waals surface area contributed by atoms with E-state index in [1.165, 1.54) is 35.2 Å². The van der Waals surface area contributed by atoms with Crippen LogP contribution in [0.25, 0.3) is 0 Å². The van der Waals surface area contributed by atoms with Gasteiger partial charge in [0.1, 0.15) is 0 Å². The summed E-state index contributed by atoms with van der Waals surface area (Å²) in [6.07, 6.45) is 2.82. The van der Waals surface area contributed by atoms with Crippen molar-refractivity contribution in [2.24, 2.45) is 23.2 Å². The zero-order valence-electron chi connectivity index (χ0n) is 16.2. The van der Waals surface area contributed by atoms with E-state index in [9.17, 15) is 0 Å². The average molecular weight is 325 g/mol. The molecule has 130 valence electrons. The van der Waals surface area contributed by atoms with Crippen molar-refractivity contribution in [3.05, 3.63) is 35.5 Å². The fourth-order valence-electron chi connectivity index (χ4n) is 6.00. The summed E-state index contributed by atoms with van der Waals surface area (Å²) in [6, 6.07) is 5.29. The summed E-state index contributed by atoms with van der Waals surface area (Å²) in [6.45, 7) is 20.1. The first kappa shape index (κ1) is 16.4. The Morgan fingerprint density at radius 1 is 1.04 bits per heavy atom. The molecule has 3 saturated carbocycles. The van der Waals surface area contributed by atoms with Crippen molar-refractivity contribution >= 4 is 5.69 Å². The summed E-state index contributed by atoms with van der Waals surface area (Å²) < 4.78 is 0. The number of hydrogen-bond donors (Lipinski definition) is 0. The van der Waals surface area contributed by atoms with E-state index in [1.54, 1.807) is 0 Å². The number of anilines is 1. The number of hydrogen-bond acceptors (Lipinski definition) is 2. The van der Waals surface area contributed by atoms with Crippen LogP contribution < -0.4 is 4.90 Å². The van der Waals surface area contributed by atoms with Crippen LogP contribution in [0.2, 0.25) is 0 Å². The van der Waals surface area contributed by atoms with E-state index < -0.39 is 0 Å². The van der Waals surface area contributed by atoms with Crippen molar-refractivity contribution in [1.82, 2.24) is 4.90 Å². The molecule has 1 aliphatic heterocycles. The SMILES string of the molecule is Cc1cc(C)c(N2[C]N(C3C[C@H]4C[C@@H]([C@@H]3C)C4(C)C)CC2)c(C)c1. The van der Waals surface area contributed by atoms with E-state index in [-0.39, 0.29) is 0 Å². The third-order valence-corrected chi connectivity index (χ3v) is 7.43. The van der Waals surface area contributed by atoms with E-state index in [0.29, 0.717) is 11.5 Å². The zero-order chi connectivity index (χ0) is 17.2. The van der Waals surface area contributed by atoms with Crippen molar-refractivity contribution in [2.75, 3.05) is 18.0 Å². The van der Waals surface area contributed by atoms with Crippen molar-refractivity contribution in [3.8, 4) is 0 Å². The molecular formula is C22H32N2. The molecule has 1 heterocycles. The molecule has 4 aliphatic rings. The first-order valence-corrected chi connectivity index (χ1v) is 9.67. The van der Waals surface area contributed by atoms with Gasteiger partial charge in [-0.2, -0.15) is 0 Å². The Morgan fingerprint density at radius 3 is 2.29 bits per heavy atom. The highest BCUT2D eigenvalue weighted by atomic mass is 15.4. The van der Waals surface area contributed by atoms with Crippen LogP contribution in [-0.2, 0) is 0 Å².